The number of amides is 1. The molecule has 3 fully saturated rings. The molecule has 2 aromatic heterocycles. The second-order valence-electron chi connectivity index (χ2n) is 8.50. The van der Waals surface area contributed by atoms with Gasteiger partial charge in [-0.15, -0.1) is 11.3 Å². The first-order chi connectivity index (χ1) is 14.4. The molecule has 8 nitrogen and oxygen atoms in total. The molecule has 0 aromatic carbocycles. The molecule has 2 aromatic rings. The first kappa shape index (κ1) is 20.1. The molecular weight excluding hydrogens is 424 g/mol. The van der Waals surface area contributed by atoms with E-state index in [4.69, 9.17) is 4.52 Å². The van der Waals surface area contributed by atoms with Crippen molar-refractivity contribution in [1.82, 2.24) is 19.3 Å². The molecule has 1 unspecified atom stereocenters. The van der Waals surface area contributed by atoms with E-state index in [0.717, 1.165) is 45.2 Å². The molecule has 30 heavy (non-hydrogen) atoms. The highest BCUT2D eigenvalue weighted by molar-refractivity contribution is 7.89. The highest BCUT2D eigenvalue weighted by atomic mass is 32.2. The fourth-order valence-corrected chi connectivity index (χ4v) is 7.37. The van der Waals surface area contributed by atoms with Crippen LogP contribution in [0.25, 0.3) is 10.7 Å². The Bertz CT molecular complexity index is 1050. The number of sulfonamides is 1. The van der Waals surface area contributed by atoms with E-state index in [0.29, 0.717) is 40.4 Å². The van der Waals surface area contributed by atoms with E-state index in [2.05, 4.69) is 10.1 Å². The van der Waals surface area contributed by atoms with Crippen molar-refractivity contribution < 1.29 is 17.7 Å². The molecule has 1 amide bonds. The number of aryl methyl sites for hydroxylation is 1. The standard InChI is InChI=1S/C20H26N4O4S2/c1-13-17(11-16(29-13)18-21-19(28-22-18)14-6-7-14)30(26,27)24-10-4-5-15(12-24)20(25)23-8-2-3-9-23/h11,14-15H,2-10,12H2,1H3. The molecule has 0 radical (unpaired) electrons. The van der Waals surface area contributed by atoms with Gasteiger partial charge >= 0.3 is 0 Å². The number of hydrogen-bond acceptors (Lipinski definition) is 7. The summed E-state index contributed by atoms with van der Waals surface area (Å²) in [7, 11) is -3.68. The van der Waals surface area contributed by atoms with Crippen LogP contribution < -0.4 is 0 Å². The molecule has 2 aliphatic heterocycles. The maximum Gasteiger partial charge on any atom is 0.244 e. The molecule has 2 saturated heterocycles. The van der Waals surface area contributed by atoms with Crippen LogP contribution in [0.1, 0.15) is 55.2 Å². The van der Waals surface area contributed by atoms with E-state index in [1.807, 2.05) is 4.90 Å². The van der Waals surface area contributed by atoms with Crippen molar-refractivity contribution in [3.05, 3.63) is 16.8 Å². The molecule has 1 atom stereocenters. The minimum atomic E-state index is -3.68. The topological polar surface area (TPSA) is 96.6 Å². The van der Waals surface area contributed by atoms with Crippen molar-refractivity contribution >= 4 is 27.3 Å². The van der Waals surface area contributed by atoms with Gasteiger partial charge in [-0.25, -0.2) is 8.42 Å². The van der Waals surface area contributed by atoms with Gasteiger partial charge in [0, 0.05) is 37.0 Å². The Morgan fingerprint density at radius 1 is 1.17 bits per heavy atom. The van der Waals surface area contributed by atoms with Crippen LogP contribution in [0.2, 0.25) is 0 Å². The Kier molecular flexibility index (Phi) is 5.19. The van der Waals surface area contributed by atoms with Crippen LogP contribution in [0.15, 0.2) is 15.5 Å². The summed E-state index contributed by atoms with van der Waals surface area (Å²) in [4.78, 5) is 20.8. The van der Waals surface area contributed by atoms with Crippen molar-refractivity contribution in [2.45, 2.75) is 56.3 Å². The lowest BCUT2D eigenvalue weighted by molar-refractivity contribution is -0.135. The number of carbonyl (C=O) groups is 1. The number of piperidine rings is 1. The summed E-state index contributed by atoms with van der Waals surface area (Å²) in [6.07, 6.45) is 5.66. The molecule has 0 spiro atoms. The fraction of sp³-hybridized carbons (Fsp3) is 0.650. The number of likely N-dealkylation sites (tertiary alicyclic amines) is 1. The number of aromatic nitrogens is 2. The highest BCUT2D eigenvalue weighted by Gasteiger charge is 2.37. The highest BCUT2D eigenvalue weighted by Crippen LogP contribution is 2.41. The van der Waals surface area contributed by atoms with Crippen LogP contribution in [0, 0.1) is 12.8 Å². The van der Waals surface area contributed by atoms with Crippen LogP contribution in [0.5, 0.6) is 0 Å². The zero-order valence-corrected chi connectivity index (χ0v) is 18.7. The van der Waals surface area contributed by atoms with E-state index >= 15 is 0 Å². The van der Waals surface area contributed by atoms with Gasteiger partial charge in [0.15, 0.2) is 0 Å². The lowest BCUT2D eigenvalue weighted by atomic mass is 9.98. The van der Waals surface area contributed by atoms with Crippen molar-refractivity contribution in [2.75, 3.05) is 26.2 Å². The zero-order valence-electron chi connectivity index (χ0n) is 17.0. The molecule has 162 valence electrons. The fourth-order valence-electron chi connectivity index (χ4n) is 4.36. The van der Waals surface area contributed by atoms with Crippen molar-refractivity contribution in [2.24, 2.45) is 5.92 Å². The summed E-state index contributed by atoms with van der Waals surface area (Å²) in [5.74, 6) is 1.30. The Labute approximate surface area is 180 Å². The van der Waals surface area contributed by atoms with Gasteiger partial charge in [0.25, 0.3) is 0 Å². The van der Waals surface area contributed by atoms with Gasteiger partial charge in [0.2, 0.25) is 27.6 Å². The van der Waals surface area contributed by atoms with E-state index in [1.165, 1.54) is 15.6 Å². The van der Waals surface area contributed by atoms with Crippen LogP contribution in [-0.4, -0.2) is 59.8 Å². The summed E-state index contributed by atoms with van der Waals surface area (Å²) >= 11 is 1.37. The lowest BCUT2D eigenvalue weighted by Gasteiger charge is -2.33. The molecule has 10 heteroatoms. The lowest BCUT2D eigenvalue weighted by Crippen LogP contribution is -2.46. The second-order valence-corrected chi connectivity index (χ2v) is 11.7. The minimum absolute atomic E-state index is 0.106. The number of thiophene rings is 1. The Morgan fingerprint density at radius 2 is 1.93 bits per heavy atom. The summed E-state index contributed by atoms with van der Waals surface area (Å²) in [6.45, 7) is 4.10. The molecule has 1 saturated carbocycles. The van der Waals surface area contributed by atoms with Crippen LogP contribution in [0.3, 0.4) is 0 Å². The number of nitrogens with zero attached hydrogens (tertiary/aromatic N) is 4. The van der Waals surface area contributed by atoms with E-state index in [-0.39, 0.29) is 23.3 Å². The molecule has 1 aliphatic carbocycles. The summed E-state index contributed by atoms with van der Waals surface area (Å²) in [5.41, 5.74) is 0. The SMILES string of the molecule is Cc1sc(-c2noc(C3CC3)n2)cc1S(=O)(=O)N1CCCC(C(=O)N2CCCC2)C1. The van der Waals surface area contributed by atoms with E-state index in [9.17, 15) is 13.2 Å². The average Bonchev–Trinajstić information content (AvgIpc) is 3.15. The monoisotopic (exact) mass is 450 g/mol. The first-order valence-corrected chi connectivity index (χ1v) is 12.9. The summed E-state index contributed by atoms with van der Waals surface area (Å²) in [6, 6.07) is 1.66. The molecule has 5 rings (SSSR count). The zero-order chi connectivity index (χ0) is 20.9. The molecule has 3 aliphatic rings. The Morgan fingerprint density at radius 3 is 2.67 bits per heavy atom. The van der Waals surface area contributed by atoms with Crippen LogP contribution in [0.4, 0.5) is 0 Å². The predicted octanol–water partition coefficient (Wildman–Crippen LogP) is 3.01. The van der Waals surface area contributed by atoms with Crippen LogP contribution >= 0.6 is 11.3 Å². The third-order valence-corrected chi connectivity index (χ3v) is 9.40. The third kappa shape index (κ3) is 3.69. The number of rotatable bonds is 5. The average molecular weight is 451 g/mol. The summed E-state index contributed by atoms with van der Waals surface area (Å²) < 4.78 is 33.6. The Hall–Kier alpha value is -1.78. The van der Waals surface area contributed by atoms with Gasteiger partial charge in [-0.05, 0) is 51.5 Å². The third-order valence-electron chi connectivity index (χ3n) is 6.23. The van der Waals surface area contributed by atoms with Crippen LogP contribution in [-0.2, 0) is 14.8 Å². The normalized spacial score (nSPS) is 23.2. The maximum absolute atomic E-state index is 13.4. The molecule has 0 bridgehead atoms. The number of carbonyl (C=O) groups excluding carboxylic acids is 1. The van der Waals surface area contributed by atoms with Crippen molar-refractivity contribution in [1.29, 1.82) is 0 Å². The van der Waals surface area contributed by atoms with Gasteiger partial charge < -0.3 is 9.42 Å². The predicted molar refractivity (Wildman–Crippen MR) is 112 cm³/mol. The van der Waals surface area contributed by atoms with Gasteiger partial charge in [-0.2, -0.15) is 9.29 Å². The van der Waals surface area contributed by atoms with Crippen molar-refractivity contribution in [3.8, 4) is 10.7 Å². The maximum atomic E-state index is 13.4. The smallest absolute Gasteiger partial charge is 0.244 e. The van der Waals surface area contributed by atoms with Crippen molar-refractivity contribution in [3.63, 3.8) is 0 Å². The Balaban J connectivity index is 1.36. The van der Waals surface area contributed by atoms with Gasteiger partial charge in [0.05, 0.1) is 15.7 Å². The quantitative estimate of drug-likeness (QED) is 0.695. The molecule has 0 N–H and O–H groups in total. The first-order valence-electron chi connectivity index (χ1n) is 10.7. The molecule has 4 heterocycles. The number of hydrogen-bond donors (Lipinski definition) is 0. The van der Waals surface area contributed by atoms with Gasteiger partial charge in [-0.1, -0.05) is 5.16 Å². The molecular formula is C20H26N4O4S2. The minimum Gasteiger partial charge on any atom is -0.342 e. The second kappa shape index (κ2) is 7.72. The van der Waals surface area contributed by atoms with Gasteiger partial charge in [0.1, 0.15) is 0 Å². The van der Waals surface area contributed by atoms with E-state index < -0.39 is 10.0 Å². The largest absolute Gasteiger partial charge is 0.342 e. The van der Waals surface area contributed by atoms with Gasteiger partial charge in [-0.3, -0.25) is 4.79 Å². The van der Waals surface area contributed by atoms with E-state index in [1.54, 1.807) is 13.0 Å². The summed E-state index contributed by atoms with van der Waals surface area (Å²) in [5, 5.41) is 4.04.